The predicted molar refractivity (Wildman–Crippen MR) is 70.5 cm³/mol. The van der Waals surface area contributed by atoms with Crippen LogP contribution in [0.25, 0.3) is 0 Å². The van der Waals surface area contributed by atoms with E-state index in [0.29, 0.717) is 6.54 Å². The summed E-state index contributed by atoms with van der Waals surface area (Å²) in [5.74, 6) is -0.234. The first-order valence-electron chi connectivity index (χ1n) is 6.40. The molecule has 0 aromatic rings. The minimum absolute atomic E-state index is 0.174. The number of morpholine rings is 1. The maximum Gasteiger partial charge on any atom is 0.327 e. The van der Waals surface area contributed by atoms with Gasteiger partial charge in [-0.2, -0.15) is 0 Å². The molecule has 5 nitrogen and oxygen atoms in total. The molecule has 0 spiro atoms. The second-order valence-electron chi connectivity index (χ2n) is 5.93. The van der Waals surface area contributed by atoms with E-state index >= 15 is 0 Å². The van der Waals surface area contributed by atoms with E-state index in [4.69, 9.17) is 9.47 Å². The number of nitrogens with one attached hydrogen (secondary N) is 1. The van der Waals surface area contributed by atoms with Gasteiger partial charge in [0.1, 0.15) is 5.54 Å². The molecule has 0 aromatic carbocycles. The van der Waals surface area contributed by atoms with Gasteiger partial charge in [0, 0.05) is 19.6 Å². The van der Waals surface area contributed by atoms with Crippen molar-refractivity contribution in [3.8, 4) is 0 Å². The number of ether oxygens (including phenoxy) is 2. The maximum atomic E-state index is 11.8. The minimum Gasteiger partial charge on any atom is -0.468 e. The topological polar surface area (TPSA) is 50.8 Å². The van der Waals surface area contributed by atoms with Crippen LogP contribution in [0.3, 0.4) is 0 Å². The fourth-order valence-corrected chi connectivity index (χ4v) is 2.62. The monoisotopic (exact) mass is 258 g/mol. The predicted octanol–water partition coefficient (Wildman–Crippen LogP) is 0.637. The van der Waals surface area contributed by atoms with Crippen molar-refractivity contribution >= 4 is 5.97 Å². The van der Waals surface area contributed by atoms with Crippen LogP contribution in [0.15, 0.2) is 0 Å². The van der Waals surface area contributed by atoms with Gasteiger partial charge in [-0.3, -0.25) is 9.69 Å². The van der Waals surface area contributed by atoms with Crippen LogP contribution in [0, 0.1) is 0 Å². The number of hydrogen-bond donors (Lipinski definition) is 1. The van der Waals surface area contributed by atoms with Gasteiger partial charge < -0.3 is 14.8 Å². The number of rotatable bonds is 4. The average Bonchev–Trinajstić information content (AvgIpc) is 2.24. The molecule has 1 N–H and O–H groups in total. The third kappa shape index (κ3) is 3.67. The van der Waals surface area contributed by atoms with E-state index in [0.717, 1.165) is 13.1 Å². The first kappa shape index (κ1) is 15.4. The zero-order valence-corrected chi connectivity index (χ0v) is 12.4. The molecule has 0 aliphatic carbocycles. The molecule has 1 heterocycles. The van der Waals surface area contributed by atoms with Crippen molar-refractivity contribution in [2.24, 2.45) is 0 Å². The second-order valence-corrected chi connectivity index (χ2v) is 5.93. The number of carbonyl (C=O) groups excluding carboxylic acids is 1. The molecule has 1 aliphatic rings. The van der Waals surface area contributed by atoms with Gasteiger partial charge in [0.05, 0.1) is 18.8 Å². The van der Waals surface area contributed by atoms with Crippen LogP contribution in [-0.2, 0) is 14.3 Å². The summed E-state index contributed by atoms with van der Waals surface area (Å²) in [6.45, 7) is 10.3. The van der Waals surface area contributed by atoms with E-state index in [1.54, 1.807) is 7.05 Å². The normalized spacial score (nSPS) is 27.6. The number of esters is 1. The van der Waals surface area contributed by atoms with Crippen molar-refractivity contribution in [2.45, 2.75) is 44.9 Å². The quantitative estimate of drug-likeness (QED) is 0.750. The third-order valence-corrected chi connectivity index (χ3v) is 3.37. The molecule has 0 aromatic heterocycles. The molecule has 5 heteroatoms. The molecule has 0 amide bonds. The molecule has 0 saturated carbocycles. The van der Waals surface area contributed by atoms with Crippen LogP contribution in [-0.4, -0.2) is 61.9 Å². The molecule has 18 heavy (non-hydrogen) atoms. The van der Waals surface area contributed by atoms with Crippen molar-refractivity contribution < 1.29 is 14.3 Å². The second kappa shape index (κ2) is 5.55. The van der Waals surface area contributed by atoms with Crippen molar-refractivity contribution in [2.75, 3.05) is 33.8 Å². The van der Waals surface area contributed by atoms with Gasteiger partial charge in [-0.15, -0.1) is 0 Å². The highest BCUT2D eigenvalue weighted by Crippen LogP contribution is 2.22. The van der Waals surface area contributed by atoms with Gasteiger partial charge in [0.25, 0.3) is 0 Å². The Morgan fingerprint density at radius 1 is 1.61 bits per heavy atom. The zero-order chi connectivity index (χ0) is 14.0. The van der Waals surface area contributed by atoms with Crippen LogP contribution in [0.4, 0.5) is 0 Å². The molecule has 106 valence electrons. The van der Waals surface area contributed by atoms with E-state index < -0.39 is 5.54 Å². The van der Waals surface area contributed by atoms with Gasteiger partial charge in [0.2, 0.25) is 0 Å². The highest BCUT2D eigenvalue weighted by molar-refractivity contribution is 5.80. The lowest BCUT2D eigenvalue weighted by Crippen LogP contribution is -2.61. The van der Waals surface area contributed by atoms with Crippen molar-refractivity contribution in [3.05, 3.63) is 0 Å². The van der Waals surface area contributed by atoms with Crippen LogP contribution >= 0.6 is 0 Å². The minimum atomic E-state index is -0.679. The Bertz CT molecular complexity index is 307. The highest BCUT2D eigenvalue weighted by Gasteiger charge is 2.39. The molecule has 0 radical (unpaired) electrons. The SMILES string of the molecule is CNC(C)(CN1CC(C)OC(C)(C)C1)C(=O)OC. The summed E-state index contributed by atoms with van der Waals surface area (Å²) in [7, 11) is 3.20. The van der Waals surface area contributed by atoms with E-state index in [9.17, 15) is 4.79 Å². The smallest absolute Gasteiger partial charge is 0.327 e. The lowest BCUT2D eigenvalue weighted by Gasteiger charge is -2.44. The molecule has 2 unspecified atom stereocenters. The van der Waals surface area contributed by atoms with Gasteiger partial charge in [-0.25, -0.2) is 0 Å². The fourth-order valence-electron chi connectivity index (χ4n) is 2.62. The first-order chi connectivity index (χ1) is 8.22. The molecular weight excluding hydrogens is 232 g/mol. The molecule has 1 saturated heterocycles. The number of hydrogen-bond acceptors (Lipinski definition) is 5. The Kier molecular flexibility index (Phi) is 4.75. The summed E-state index contributed by atoms with van der Waals surface area (Å²) in [6.07, 6.45) is 0.174. The summed E-state index contributed by atoms with van der Waals surface area (Å²) < 4.78 is 10.7. The van der Waals surface area contributed by atoms with Gasteiger partial charge in [0.15, 0.2) is 0 Å². The van der Waals surface area contributed by atoms with Crippen LogP contribution in [0.1, 0.15) is 27.7 Å². The number of likely N-dealkylation sites (N-methyl/N-ethyl adjacent to an activating group) is 1. The van der Waals surface area contributed by atoms with Gasteiger partial charge in [-0.05, 0) is 34.7 Å². The van der Waals surface area contributed by atoms with Crippen LogP contribution in [0.2, 0.25) is 0 Å². The molecule has 1 fully saturated rings. The molecule has 1 aliphatic heterocycles. The lowest BCUT2D eigenvalue weighted by molar-refractivity contribution is -0.154. The third-order valence-electron chi connectivity index (χ3n) is 3.37. The summed E-state index contributed by atoms with van der Waals surface area (Å²) in [6, 6.07) is 0. The van der Waals surface area contributed by atoms with Gasteiger partial charge >= 0.3 is 5.97 Å². The lowest BCUT2D eigenvalue weighted by atomic mass is 9.99. The van der Waals surface area contributed by atoms with E-state index in [1.807, 2.05) is 6.92 Å². The highest BCUT2D eigenvalue weighted by atomic mass is 16.5. The van der Waals surface area contributed by atoms with Gasteiger partial charge in [-0.1, -0.05) is 0 Å². The number of nitrogens with zero attached hydrogens (tertiary/aromatic N) is 1. The average molecular weight is 258 g/mol. The van der Waals surface area contributed by atoms with E-state index in [1.165, 1.54) is 7.11 Å². The summed E-state index contributed by atoms with van der Waals surface area (Å²) >= 11 is 0. The molecular formula is C13H26N2O3. The summed E-state index contributed by atoms with van der Waals surface area (Å²) in [4.78, 5) is 14.1. The Morgan fingerprint density at radius 2 is 2.22 bits per heavy atom. The maximum absolute atomic E-state index is 11.8. The largest absolute Gasteiger partial charge is 0.468 e. The molecule has 0 bridgehead atoms. The number of methoxy groups -OCH3 is 1. The van der Waals surface area contributed by atoms with Crippen LogP contribution < -0.4 is 5.32 Å². The zero-order valence-electron chi connectivity index (χ0n) is 12.4. The molecule has 1 rings (SSSR count). The molecule has 2 atom stereocenters. The van der Waals surface area contributed by atoms with E-state index in [2.05, 4.69) is 31.0 Å². The van der Waals surface area contributed by atoms with Crippen molar-refractivity contribution in [1.29, 1.82) is 0 Å². The Hall–Kier alpha value is -0.650. The Balaban J connectivity index is 2.73. The number of carbonyl (C=O) groups is 1. The van der Waals surface area contributed by atoms with Crippen molar-refractivity contribution in [1.82, 2.24) is 10.2 Å². The summed E-state index contributed by atoms with van der Waals surface area (Å²) in [5, 5.41) is 3.06. The standard InChI is InChI=1S/C13H26N2O3/c1-10-7-15(8-12(2,3)18-10)9-13(4,14-5)11(16)17-6/h10,14H,7-9H2,1-6H3. The Labute approximate surface area is 110 Å². The van der Waals surface area contributed by atoms with Crippen molar-refractivity contribution in [3.63, 3.8) is 0 Å². The fraction of sp³-hybridized carbons (Fsp3) is 0.923. The Morgan fingerprint density at radius 3 is 2.67 bits per heavy atom. The first-order valence-corrected chi connectivity index (χ1v) is 6.40. The van der Waals surface area contributed by atoms with E-state index in [-0.39, 0.29) is 17.7 Å². The summed E-state index contributed by atoms with van der Waals surface area (Å²) in [5.41, 5.74) is -0.857. The van der Waals surface area contributed by atoms with Crippen LogP contribution in [0.5, 0.6) is 0 Å².